The predicted octanol–water partition coefficient (Wildman–Crippen LogP) is -0.875. The Kier molecular flexibility index (Phi) is 12.8. The number of imidazole rings is 1. The third-order valence-electron chi connectivity index (χ3n) is 8.03. The van der Waals surface area contributed by atoms with Crippen LogP contribution in [-0.2, 0) is 41.7 Å². The molecule has 0 aliphatic carbocycles. The Morgan fingerprint density at radius 2 is 1.87 bits per heavy atom. The number of nitrogens with two attached hydrogens (primary N) is 3. The first-order valence-electron chi connectivity index (χ1n) is 15.7. The molecule has 5 heterocycles. The highest BCUT2D eigenvalue weighted by Gasteiger charge is 2.50. The molecule has 53 heavy (non-hydrogen) atoms. The van der Waals surface area contributed by atoms with E-state index in [-0.39, 0.29) is 42.2 Å². The van der Waals surface area contributed by atoms with E-state index in [4.69, 9.17) is 46.0 Å². The van der Waals surface area contributed by atoms with Crippen LogP contribution < -0.4 is 22.9 Å². The van der Waals surface area contributed by atoms with Gasteiger partial charge in [0, 0.05) is 24.1 Å². The van der Waals surface area contributed by atoms with E-state index in [1.54, 1.807) is 0 Å². The van der Waals surface area contributed by atoms with E-state index in [1.807, 2.05) is 0 Å². The molecule has 5 rings (SSSR count). The fourth-order valence-electron chi connectivity index (χ4n) is 5.53. The van der Waals surface area contributed by atoms with E-state index < -0.39 is 89.5 Å². The molecule has 0 radical (unpaired) electrons. The number of fused-ring (bicyclic) bond motifs is 1. The molecule has 2 aliphatic rings. The summed E-state index contributed by atoms with van der Waals surface area (Å²) in [7, 11) is -10.2. The average molecular weight is 791 g/mol. The summed E-state index contributed by atoms with van der Waals surface area (Å²) in [5.74, 6) is -1.03. The van der Waals surface area contributed by atoms with Crippen LogP contribution in [0.25, 0.3) is 21.6 Å². The Labute approximate surface area is 297 Å². The van der Waals surface area contributed by atoms with Crippen molar-refractivity contribution in [1.29, 1.82) is 0 Å². The number of azide groups is 1. The van der Waals surface area contributed by atoms with Crippen molar-refractivity contribution in [2.24, 2.45) is 10.8 Å². The number of aliphatic hydroxyl groups excluding tert-OH is 1. The zero-order chi connectivity index (χ0) is 38.5. The third kappa shape index (κ3) is 10.1. The van der Waals surface area contributed by atoms with Crippen molar-refractivity contribution in [2.75, 3.05) is 31.2 Å². The van der Waals surface area contributed by atoms with Crippen molar-refractivity contribution in [3.8, 4) is 0 Å². The number of aromatic nitrogens is 6. The Bertz CT molecular complexity index is 1970. The summed E-state index contributed by atoms with van der Waals surface area (Å²) in [6.45, 7) is -1.49. The second-order valence-corrected chi connectivity index (χ2v) is 14.3. The van der Waals surface area contributed by atoms with Crippen molar-refractivity contribution in [3.63, 3.8) is 0 Å². The summed E-state index contributed by atoms with van der Waals surface area (Å²) < 4.78 is 59.2. The van der Waals surface area contributed by atoms with E-state index >= 15 is 0 Å². The monoisotopic (exact) mass is 790 g/mol. The number of unbranched alkanes of at least 4 members (excludes halogenated alkanes) is 1. The smallest absolute Gasteiger partial charge is 0.455 e. The van der Waals surface area contributed by atoms with Crippen LogP contribution in [0, 0.1) is 0 Å². The van der Waals surface area contributed by atoms with Crippen LogP contribution in [0.4, 0.5) is 11.6 Å². The molecule has 26 nitrogen and oxygen atoms in total. The summed E-state index contributed by atoms with van der Waals surface area (Å²) in [5.41, 5.74) is 25.3. The summed E-state index contributed by atoms with van der Waals surface area (Å²) in [5, 5.41) is 14.8. The highest BCUT2D eigenvalue weighted by molar-refractivity contribution is 7.47. The number of phosphoric ester groups is 2. The Morgan fingerprint density at radius 1 is 1.11 bits per heavy atom. The van der Waals surface area contributed by atoms with Crippen LogP contribution in [0.15, 0.2) is 34.8 Å². The van der Waals surface area contributed by atoms with Crippen molar-refractivity contribution >= 4 is 44.4 Å². The summed E-state index contributed by atoms with van der Waals surface area (Å²) in [6, 6.07) is 0.106. The minimum absolute atomic E-state index is 0.0223. The summed E-state index contributed by atoms with van der Waals surface area (Å²) in [6.07, 6.45) is -5.82. The Morgan fingerprint density at radius 3 is 2.58 bits per heavy atom. The first kappa shape index (κ1) is 40.1. The number of phosphoric acid groups is 2. The van der Waals surface area contributed by atoms with Gasteiger partial charge in [0.25, 0.3) is 0 Å². The van der Waals surface area contributed by atoms with Crippen LogP contribution in [0.3, 0.4) is 0 Å². The van der Waals surface area contributed by atoms with Gasteiger partial charge in [-0.25, -0.2) is 28.9 Å². The number of hydrogen-bond donors (Lipinski definition) is 7. The van der Waals surface area contributed by atoms with Gasteiger partial charge in [-0.3, -0.25) is 27.5 Å². The standard InChI is InChI=1S/C25H36N12O14P2/c26-12(3-1-2-5-33-35-29)24(39)50-20-15(49-23(19(20)38)37-11-32-18-21(28)30-10-31-22(18)37)9-47-53(44,45)51-13-7-17(36-6-4-16(27)34-25(36)40)48-14(13)8-46-52(41,42)43/h4,6,10-15,17,19-20,23,38H,1-3,5,7-9,26H2,(H,44,45)(H2,27,34,40)(H2,28,30,31)(H2,41,42,43)/t12-,13-,14+,15+,17+,19+,20+,23+/m0/s1. The number of carbonyl (C=O) groups excluding carboxylic acids is 1. The molecule has 3 aromatic heterocycles. The first-order valence-corrected chi connectivity index (χ1v) is 18.7. The molecule has 1 unspecified atom stereocenters. The molecular weight excluding hydrogens is 754 g/mol. The molecular formula is C25H36N12O14P2. The highest BCUT2D eigenvalue weighted by Crippen LogP contribution is 2.50. The lowest BCUT2D eigenvalue weighted by atomic mass is 10.1. The molecule has 2 saturated heterocycles. The summed E-state index contributed by atoms with van der Waals surface area (Å²) in [4.78, 5) is 73.0. The van der Waals surface area contributed by atoms with E-state index in [1.165, 1.54) is 23.2 Å². The number of ether oxygens (including phenoxy) is 3. The number of nitrogens with zero attached hydrogens (tertiary/aromatic N) is 9. The molecule has 0 spiro atoms. The maximum Gasteiger partial charge on any atom is 0.472 e. The zero-order valence-corrected chi connectivity index (χ0v) is 29.2. The molecule has 0 aromatic carbocycles. The van der Waals surface area contributed by atoms with Crippen molar-refractivity contribution in [3.05, 3.63) is 45.8 Å². The van der Waals surface area contributed by atoms with Gasteiger partial charge in [-0.2, -0.15) is 4.98 Å². The largest absolute Gasteiger partial charge is 0.472 e. The van der Waals surface area contributed by atoms with Gasteiger partial charge in [-0.1, -0.05) is 11.5 Å². The number of nitrogen functional groups attached to an aromatic ring is 2. The van der Waals surface area contributed by atoms with Crippen molar-refractivity contribution < 1.29 is 61.5 Å². The van der Waals surface area contributed by atoms with Gasteiger partial charge < -0.3 is 51.2 Å². The van der Waals surface area contributed by atoms with Crippen molar-refractivity contribution in [2.45, 2.75) is 74.7 Å². The molecule has 10 N–H and O–H groups in total. The van der Waals surface area contributed by atoms with E-state index in [0.29, 0.717) is 12.8 Å². The average Bonchev–Trinajstić information content (AvgIpc) is 3.78. The number of rotatable bonds is 17. The molecule has 0 bridgehead atoms. The summed E-state index contributed by atoms with van der Waals surface area (Å²) >= 11 is 0. The first-order chi connectivity index (χ1) is 25.1. The number of anilines is 2. The Balaban J connectivity index is 1.32. The maximum atomic E-state index is 13.3. The molecule has 9 atom stereocenters. The molecule has 0 amide bonds. The lowest BCUT2D eigenvalue weighted by Gasteiger charge is -2.24. The van der Waals surface area contributed by atoms with Gasteiger partial charge in [0.2, 0.25) is 0 Å². The second kappa shape index (κ2) is 16.9. The fourth-order valence-corrected chi connectivity index (χ4v) is 6.83. The lowest BCUT2D eigenvalue weighted by molar-refractivity contribution is -0.158. The van der Waals surface area contributed by atoms with Crippen LogP contribution in [0.5, 0.6) is 0 Å². The molecule has 2 fully saturated rings. The second-order valence-electron chi connectivity index (χ2n) is 11.7. The van der Waals surface area contributed by atoms with Gasteiger partial charge in [0.05, 0.1) is 19.5 Å². The van der Waals surface area contributed by atoms with Crippen molar-refractivity contribution in [1.82, 2.24) is 29.1 Å². The molecule has 290 valence electrons. The quantitative estimate of drug-likeness (QED) is 0.0218. The topological polar surface area (TPSA) is 393 Å². The fraction of sp³-hybridized carbons (Fsp3) is 0.600. The number of carbonyl (C=O) groups is 1. The van der Waals surface area contributed by atoms with Crippen LogP contribution in [-0.4, -0.2) is 111 Å². The number of hydrogen-bond acceptors (Lipinski definition) is 19. The van der Waals surface area contributed by atoms with Crippen LogP contribution >= 0.6 is 15.6 Å². The zero-order valence-electron chi connectivity index (χ0n) is 27.4. The van der Waals surface area contributed by atoms with E-state index in [2.05, 4.69) is 34.5 Å². The normalized spacial score (nSPS) is 26.2. The van der Waals surface area contributed by atoms with Gasteiger partial charge in [0.15, 0.2) is 23.8 Å². The van der Waals surface area contributed by atoms with Gasteiger partial charge in [-0.05, 0) is 24.4 Å². The lowest BCUT2D eigenvalue weighted by Crippen LogP contribution is -2.43. The van der Waals surface area contributed by atoms with E-state index in [0.717, 1.165) is 10.9 Å². The van der Waals surface area contributed by atoms with Crippen LogP contribution in [0.2, 0.25) is 0 Å². The maximum absolute atomic E-state index is 13.3. The van der Waals surface area contributed by atoms with Crippen LogP contribution in [0.1, 0.15) is 38.1 Å². The molecule has 2 aliphatic heterocycles. The van der Waals surface area contributed by atoms with Gasteiger partial charge in [-0.15, -0.1) is 0 Å². The number of esters is 1. The SMILES string of the molecule is [N-]=[N+]=NCCCC[C@H](N)C(=O)O[C@H]1[C@@H](O)[C@H](n2cnc3c(N)ncnc32)O[C@@H]1COP(=O)(O)O[C@H]1C[C@H](n2ccc(N)nc2=O)O[C@@H]1COP(=O)(O)O. The van der Waals surface area contributed by atoms with Gasteiger partial charge in [0.1, 0.15) is 54.3 Å². The minimum atomic E-state index is -5.15. The Hall–Kier alpha value is -4.13. The third-order valence-corrected chi connectivity index (χ3v) is 9.53. The van der Waals surface area contributed by atoms with Gasteiger partial charge >= 0.3 is 27.3 Å². The molecule has 3 aromatic rings. The number of aliphatic hydroxyl groups is 1. The predicted molar refractivity (Wildman–Crippen MR) is 175 cm³/mol. The van der Waals surface area contributed by atoms with E-state index in [9.17, 15) is 38.5 Å². The molecule has 0 saturated carbocycles. The minimum Gasteiger partial charge on any atom is -0.455 e. The highest BCUT2D eigenvalue weighted by atomic mass is 31.2. The molecule has 28 heteroatoms.